The number of aromatic nitrogens is 4. The Hall–Kier alpha value is -2.87. The van der Waals surface area contributed by atoms with E-state index in [9.17, 15) is 4.79 Å². The van der Waals surface area contributed by atoms with Crippen molar-refractivity contribution in [2.45, 2.75) is 23.4 Å². The molecule has 1 aromatic heterocycles. The Morgan fingerprint density at radius 3 is 2.74 bits per heavy atom. The summed E-state index contributed by atoms with van der Waals surface area (Å²) >= 11 is 1.46. The largest absolute Gasteiger partial charge is 0.337 e. The van der Waals surface area contributed by atoms with Gasteiger partial charge < -0.3 is 10.6 Å². The number of rotatable bonds is 6. The second-order valence-electron chi connectivity index (χ2n) is 6.58. The number of nitrogens with one attached hydrogen (secondary N) is 2. The number of tetrazole rings is 1. The van der Waals surface area contributed by atoms with E-state index < -0.39 is 0 Å². The van der Waals surface area contributed by atoms with Crippen LogP contribution in [0.25, 0.3) is 5.69 Å². The number of thioether (sulfide) groups is 1. The maximum Gasteiger partial charge on any atom is 0.319 e. The Labute approximate surface area is 161 Å². The molecule has 138 valence electrons. The van der Waals surface area contributed by atoms with Crippen LogP contribution < -0.4 is 10.6 Å². The lowest BCUT2D eigenvalue weighted by atomic mass is 9.96. The summed E-state index contributed by atoms with van der Waals surface area (Å²) in [5, 5.41) is 18.2. The molecule has 1 heterocycles. The lowest BCUT2D eigenvalue weighted by Crippen LogP contribution is -2.35. The van der Waals surface area contributed by atoms with Gasteiger partial charge in [-0.05, 0) is 53.3 Å². The number of amides is 2. The highest BCUT2D eigenvalue weighted by atomic mass is 32.2. The van der Waals surface area contributed by atoms with Gasteiger partial charge in [-0.25, -0.2) is 4.79 Å². The van der Waals surface area contributed by atoms with Crippen molar-refractivity contribution in [1.29, 1.82) is 0 Å². The smallest absolute Gasteiger partial charge is 0.319 e. The minimum Gasteiger partial charge on any atom is -0.337 e. The third-order valence-corrected chi connectivity index (χ3v) is 5.42. The standard InChI is InChI=1S/C19H20N6OS/c1-27-18-22-23-24-25(18)16-9-5-8-15(12-16)21-17(26)20-13-19(10-11-19)14-6-3-2-4-7-14/h2-9,12H,10-11,13H2,1H3,(H2,20,21,26). The molecule has 27 heavy (non-hydrogen) atoms. The van der Waals surface area contributed by atoms with Crippen molar-refractivity contribution in [2.75, 3.05) is 18.1 Å². The highest BCUT2D eigenvalue weighted by Crippen LogP contribution is 2.47. The normalized spacial score (nSPS) is 14.6. The molecule has 0 saturated heterocycles. The van der Waals surface area contributed by atoms with Gasteiger partial charge in [0.2, 0.25) is 5.16 Å². The second kappa shape index (κ2) is 7.40. The third kappa shape index (κ3) is 3.80. The van der Waals surface area contributed by atoms with Crippen molar-refractivity contribution in [3.05, 3.63) is 60.2 Å². The Balaban J connectivity index is 1.40. The SMILES string of the molecule is CSc1nnnn1-c1cccc(NC(=O)NCC2(c3ccccc3)CC2)c1. The number of carbonyl (C=O) groups excluding carboxylic acids is 1. The van der Waals surface area contributed by atoms with Crippen LogP contribution in [0.2, 0.25) is 0 Å². The summed E-state index contributed by atoms with van der Waals surface area (Å²) in [4.78, 5) is 12.4. The van der Waals surface area contributed by atoms with Crippen LogP contribution in [0.3, 0.4) is 0 Å². The zero-order valence-electron chi connectivity index (χ0n) is 14.9. The van der Waals surface area contributed by atoms with Gasteiger partial charge in [-0.15, -0.1) is 5.10 Å². The molecule has 0 spiro atoms. The quantitative estimate of drug-likeness (QED) is 0.641. The van der Waals surface area contributed by atoms with Crippen molar-refractivity contribution >= 4 is 23.5 Å². The maximum absolute atomic E-state index is 12.4. The molecule has 0 atom stereocenters. The van der Waals surface area contributed by atoms with Crippen molar-refractivity contribution in [3.63, 3.8) is 0 Å². The highest BCUT2D eigenvalue weighted by molar-refractivity contribution is 7.98. The van der Waals surface area contributed by atoms with Gasteiger partial charge >= 0.3 is 6.03 Å². The molecule has 1 fully saturated rings. The summed E-state index contributed by atoms with van der Waals surface area (Å²) in [6.45, 7) is 0.631. The van der Waals surface area contributed by atoms with Gasteiger partial charge in [0.1, 0.15) is 0 Å². The zero-order chi connectivity index (χ0) is 18.7. The minimum absolute atomic E-state index is 0.0834. The van der Waals surface area contributed by atoms with E-state index >= 15 is 0 Å². The second-order valence-corrected chi connectivity index (χ2v) is 7.36. The molecule has 2 amide bonds. The van der Waals surface area contributed by atoms with Crippen molar-refractivity contribution < 1.29 is 4.79 Å². The fraction of sp³-hybridized carbons (Fsp3) is 0.263. The van der Waals surface area contributed by atoms with E-state index in [0.717, 1.165) is 18.5 Å². The molecule has 1 aliphatic rings. The first-order valence-electron chi connectivity index (χ1n) is 8.73. The molecule has 0 unspecified atom stereocenters. The Bertz CT molecular complexity index is 938. The molecule has 4 rings (SSSR count). The van der Waals surface area contributed by atoms with Crippen LogP contribution in [0.1, 0.15) is 18.4 Å². The van der Waals surface area contributed by atoms with Gasteiger partial charge in [0.15, 0.2) is 0 Å². The fourth-order valence-corrected chi connectivity index (χ4v) is 3.55. The summed E-state index contributed by atoms with van der Waals surface area (Å²) in [5.74, 6) is 0. The number of urea groups is 1. The summed E-state index contributed by atoms with van der Waals surface area (Å²) in [7, 11) is 0. The maximum atomic E-state index is 12.4. The van der Waals surface area contributed by atoms with E-state index in [1.165, 1.54) is 17.3 Å². The van der Waals surface area contributed by atoms with Gasteiger partial charge in [-0.3, -0.25) is 0 Å². The molecule has 8 heteroatoms. The monoisotopic (exact) mass is 380 g/mol. The molecule has 7 nitrogen and oxygen atoms in total. The van der Waals surface area contributed by atoms with Gasteiger partial charge in [0.05, 0.1) is 5.69 Å². The lowest BCUT2D eigenvalue weighted by Gasteiger charge is -2.17. The number of nitrogens with zero attached hydrogens (tertiary/aromatic N) is 4. The molecule has 2 aromatic carbocycles. The molecule has 0 radical (unpaired) electrons. The summed E-state index contributed by atoms with van der Waals surface area (Å²) in [6, 6.07) is 17.6. The van der Waals surface area contributed by atoms with E-state index in [2.05, 4.69) is 38.3 Å². The average Bonchev–Trinajstić information content (AvgIpc) is 3.35. The average molecular weight is 380 g/mol. The number of hydrogen-bond donors (Lipinski definition) is 2. The first kappa shape index (κ1) is 17.5. The molecule has 0 aliphatic heterocycles. The highest BCUT2D eigenvalue weighted by Gasteiger charge is 2.44. The first-order chi connectivity index (χ1) is 13.2. The van der Waals surface area contributed by atoms with Crippen molar-refractivity contribution in [2.24, 2.45) is 0 Å². The topological polar surface area (TPSA) is 84.7 Å². The van der Waals surface area contributed by atoms with Crippen LogP contribution in [-0.2, 0) is 5.41 Å². The molecule has 2 N–H and O–H groups in total. The lowest BCUT2D eigenvalue weighted by molar-refractivity contribution is 0.251. The molecule has 0 bridgehead atoms. The van der Waals surface area contributed by atoms with Crippen LogP contribution in [0, 0.1) is 0 Å². The molecular formula is C19H20N6OS. The third-order valence-electron chi connectivity index (χ3n) is 4.80. The number of benzene rings is 2. The van der Waals surface area contributed by atoms with Crippen LogP contribution in [0.5, 0.6) is 0 Å². The predicted octanol–water partition coefficient (Wildman–Crippen LogP) is 3.24. The molecular weight excluding hydrogens is 360 g/mol. The Morgan fingerprint density at radius 2 is 2.00 bits per heavy atom. The van der Waals surface area contributed by atoms with Gasteiger partial charge in [0, 0.05) is 17.6 Å². The van der Waals surface area contributed by atoms with E-state index in [1.807, 2.05) is 48.7 Å². The molecule has 1 saturated carbocycles. The van der Waals surface area contributed by atoms with Crippen LogP contribution >= 0.6 is 11.8 Å². The first-order valence-corrected chi connectivity index (χ1v) is 9.96. The Kier molecular flexibility index (Phi) is 4.81. The van der Waals surface area contributed by atoms with E-state index in [-0.39, 0.29) is 11.4 Å². The number of carbonyl (C=O) groups is 1. The summed E-state index contributed by atoms with van der Waals surface area (Å²) < 4.78 is 1.64. The zero-order valence-corrected chi connectivity index (χ0v) is 15.7. The fourth-order valence-electron chi connectivity index (χ4n) is 3.12. The van der Waals surface area contributed by atoms with Crippen LogP contribution in [-0.4, -0.2) is 39.0 Å². The molecule has 3 aromatic rings. The van der Waals surface area contributed by atoms with Crippen LogP contribution in [0.15, 0.2) is 59.8 Å². The number of hydrogen-bond acceptors (Lipinski definition) is 5. The molecule has 1 aliphatic carbocycles. The van der Waals surface area contributed by atoms with Crippen molar-refractivity contribution in [3.8, 4) is 5.69 Å². The van der Waals surface area contributed by atoms with E-state index in [1.54, 1.807) is 4.68 Å². The van der Waals surface area contributed by atoms with Gasteiger partial charge in [-0.2, -0.15) is 4.68 Å². The summed E-state index contributed by atoms with van der Waals surface area (Å²) in [6.07, 6.45) is 4.12. The minimum atomic E-state index is -0.212. The van der Waals surface area contributed by atoms with Crippen LogP contribution in [0.4, 0.5) is 10.5 Å². The Morgan fingerprint density at radius 1 is 1.19 bits per heavy atom. The van der Waals surface area contributed by atoms with E-state index in [4.69, 9.17) is 0 Å². The predicted molar refractivity (Wildman–Crippen MR) is 105 cm³/mol. The summed E-state index contributed by atoms with van der Waals surface area (Å²) in [5.41, 5.74) is 2.86. The van der Waals surface area contributed by atoms with Crippen molar-refractivity contribution in [1.82, 2.24) is 25.5 Å². The van der Waals surface area contributed by atoms with Gasteiger partial charge in [0.25, 0.3) is 0 Å². The van der Waals surface area contributed by atoms with Gasteiger partial charge in [-0.1, -0.05) is 48.2 Å². The van der Waals surface area contributed by atoms with E-state index in [0.29, 0.717) is 17.4 Å². The number of anilines is 1.